The van der Waals surface area contributed by atoms with E-state index in [2.05, 4.69) is 74.8 Å². The second-order valence-corrected chi connectivity index (χ2v) is 11.2. The Labute approximate surface area is 222 Å². The standard InChI is InChI=1S/C29H36N8O/c1-29(2,19-36-12-4-5-13-36)34-28(38)37-14-9-20(10-15-37)25-17-23-24(8-11-30-27(23)33-25)32-22-6-7-26-21(16-22)18-31-35(26)3/h6-9,11,16-18H,4-5,10,12-15,19H2,1-3H3,(H,34,38)(H2,30,32,33). The number of nitrogens with zero attached hydrogens (tertiary/aromatic N) is 5. The summed E-state index contributed by atoms with van der Waals surface area (Å²) in [5.74, 6) is 0. The summed E-state index contributed by atoms with van der Waals surface area (Å²) in [6.45, 7) is 8.67. The smallest absolute Gasteiger partial charge is 0.318 e. The minimum Gasteiger partial charge on any atom is -0.355 e. The fraction of sp³-hybridized carbons (Fsp3) is 0.414. The number of nitrogens with one attached hydrogen (secondary N) is 3. The third-order valence-corrected chi connectivity index (χ3v) is 7.66. The molecule has 38 heavy (non-hydrogen) atoms. The van der Waals surface area contributed by atoms with Gasteiger partial charge in [0.2, 0.25) is 0 Å². The Bertz CT molecular complexity index is 1510. The summed E-state index contributed by atoms with van der Waals surface area (Å²) in [7, 11) is 1.95. The lowest BCUT2D eigenvalue weighted by molar-refractivity contribution is 0.178. The number of amides is 2. The van der Waals surface area contributed by atoms with Gasteiger partial charge in [0.15, 0.2) is 0 Å². The van der Waals surface area contributed by atoms with E-state index in [-0.39, 0.29) is 11.6 Å². The molecule has 0 saturated carbocycles. The Kier molecular flexibility index (Phi) is 6.31. The topological polar surface area (TPSA) is 94.1 Å². The molecule has 3 aromatic heterocycles. The van der Waals surface area contributed by atoms with Crippen LogP contribution >= 0.6 is 0 Å². The number of carbonyl (C=O) groups excluding carboxylic acids is 1. The van der Waals surface area contributed by atoms with Gasteiger partial charge in [-0.05, 0) is 82.1 Å². The van der Waals surface area contributed by atoms with Crippen LogP contribution in [0.2, 0.25) is 0 Å². The third-order valence-electron chi connectivity index (χ3n) is 7.66. The van der Waals surface area contributed by atoms with Crippen molar-refractivity contribution in [2.75, 3.05) is 38.0 Å². The van der Waals surface area contributed by atoms with Crippen molar-refractivity contribution in [1.82, 2.24) is 34.9 Å². The highest BCUT2D eigenvalue weighted by Gasteiger charge is 2.28. The van der Waals surface area contributed by atoms with Crippen molar-refractivity contribution in [1.29, 1.82) is 0 Å². The predicted molar refractivity (Wildman–Crippen MR) is 153 cm³/mol. The zero-order valence-corrected chi connectivity index (χ0v) is 22.4. The average Bonchev–Trinajstić information content (AvgIpc) is 3.64. The normalized spacial score (nSPS) is 16.8. The number of pyridine rings is 1. The fourth-order valence-corrected chi connectivity index (χ4v) is 5.71. The molecule has 1 fully saturated rings. The molecule has 4 aromatic rings. The number of fused-ring (bicyclic) bond motifs is 2. The van der Waals surface area contributed by atoms with Gasteiger partial charge in [-0.1, -0.05) is 6.08 Å². The zero-order chi connectivity index (χ0) is 26.3. The first-order chi connectivity index (χ1) is 18.3. The number of aryl methyl sites for hydroxylation is 1. The second-order valence-electron chi connectivity index (χ2n) is 11.2. The Balaban J connectivity index is 1.14. The van der Waals surface area contributed by atoms with E-state index in [0.717, 1.165) is 65.1 Å². The summed E-state index contributed by atoms with van der Waals surface area (Å²) in [5, 5.41) is 13.3. The number of hydrogen-bond acceptors (Lipinski definition) is 5. The van der Waals surface area contributed by atoms with E-state index in [0.29, 0.717) is 13.1 Å². The molecule has 9 heteroatoms. The number of aromatic nitrogens is 4. The maximum absolute atomic E-state index is 13.0. The van der Waals surface area contributed by atoms with E-state index in [1.165, 1.54) is 18.4 Å². The van der Waals surface area contributed by atoms with Crippen molar-refractivity contribution in [3.8, 4) is 0 Å². The molecule has 2 aliphatic rings. The Morgan fingerprint density at radius 3 is 2.76 bits per heavy atom. The molecule has 0 bridgehead atoms. The molecule has 9 nitrogen and oxygen atoms in total. The van der Waals surface area contributed by atoms with E-state index < -0.39 is 0 Å². The molecule has 198 valence electrons. The van der Waals surface area contributed by atoms with Gasteiger partial charge in [-0.2, -0.15) is 5.10 Å². The van der Waals surface area contributed by atoms with Gasteiger partial charge >= 0.3 is 6.03 Å². The Morgan fingerprint density at radius 2 is 1.97 bits per heavy atom. The highest BCUT2D eigenvalue weighted by Crippen LogP contribution is 2.31. The van der Waals surface area contributed by atoms with E-state index in [1.54, 1.807) is 0 Å². The maximum atomic E-state index is 13.0. The summed E-state index contributed by atoms with van der Waals surface area (Å²) in [6.07, 6.45) is 9.17. The van der Waals surface area contributed by atoms with Crippen molar-refractivity contribution in [2.24, 2.45) is 7.05 Å². The van der Waals surface area contributed by atoms with Gasteiger partial charge in [-0.3, -0.25) is 4.68 Å². The molecule has 0 radical (unpaired) electrons. The molecular formula is C29H36N8O. The van der Waals surface area contributed by atoms with Crippen LogP contribution in [0.3, 0.4) is 0 Å². The monoisotopic (exact) mass is 512 g/mol. The minimum atomic E-state index is -0.251. The van der Waals surface area contributed by atoms with E-state index in [4.69, 9.17) is 0 Å². The van der Waals surface area contributed by atoms with Gasteiger partial charge in [0.1, 0.15) is 5.65 Å². The van der Waals surface area contributed by atoms with Crippen LogP contribution in [0, 0.1) is 0 Å². The van der Waals surface area contributed by atoms with Crippen LogP contribution in [0.4, 0.5) is 16.2 Å². The lowest BCUT2D eigenvalue weighted by Crippen LogP contribution is -2.55. The third kappa shape index (κ3) is 4.98. The van der Waals surface area contributed by atoms with Gasteiger partial charge in [-0.25, -0.2) is 9.78 Å². The minimum absolute atomic E-state index is 0.0138. The number of likely N-dealkylation sites (tertiary alicyclic amines) is 1. The highest BCUT2D eigenvalue weighted by molar-refractivity contribution is 5.95. The number of anilines is 2. The number of urea groups is 1. The largest absolute Gasteiger partial charge is 0.355 e. The van der Waals surface area contributed by atoms with Crippen LogP contribution in [0.25, 0.3) is 27.5 Å². The van der Waals surface area contributed by atoms with Crippen LogP contribution in [0.5, 0.6) is 0 Å². The Morgan fingerprint density at radius 1 is 1.13 bits per heavy atom. The zero-order valence-electron chi connectivity index (χ0n) is 22.4. The summed E-state index contributed by atoms with van der Waals surface area (Å²) in [5.41, 5.74) is 5.97. The summed E-state index contributed by atoms with van der Waals surface area (Å²) in [6, 6.07) is 10.4. The van der Waals surface area contributed by atoms with Crippen LogP contribution in [-0.4, -0.2) is 73.8 Å². The molecule has 1 aromatic carbocycles. The molecule has 0 unspecified atom stereocenters. The SMILES string of the molecule is Cn1ncc2cc(Nc3ccnc4[nH]c(C5=CCN(C(=O)NC(C)(C)CN6CCCC6)CC5)cc34)ccc21. The van der Waals surface area contributed by atoms with Gasteiger partial charge in [0.05, 0.1) is 17.4 Å². The quantitative estimate of drug-likeness (QED) is 0.343. The molecule has 0 atom stereocenters. The first kappa shape index (κ1) is 24.5. The lowest BCUT2D eigenvalue weighted by atomic mass is 10.0. The number of aromatic amines is 1. The highest BCUT2D eigenvalue weighted by atomic mass is 16.2. The van der Waals surface area contributed by atoms with Crippen LogP contribution in [0.15, 0.2) is 48.8 Å². The predicted octanol–water partition coefficient (Wildman–Crippen LogP) is 4.87. The van der Waals surface area contributed by atoms with Crippen LogP contribution in [0.1, 0.15) is 38.8 Å². The molecule has 2 amide bonds. The number of carbonyl (C=O) groups is 1. The molecule has 0 aliphatic carbocycles. The van der Waals surface area contributed by atoms with Gasteiger partial charge in [-0.15, -0.1) is 0 Å². The summed E-state index contributed by atoms with van der Waals surface area (Å²) < 4.78 is 1.88. The number of rotatable bonds is 6. The van der Waals surface area contributed by atoms with E-state index >= 15 is 0 Å². The molecule has 0 spiro atoms. The summed E-state index contributed by atoms with van der Waals surface area (Å²) >= 11 is 0. The molecule has 1 saturated heterocycles. The van der Waals surface area contributed by atoms with Crippen molar-refractivity contribution in [2.45, 2.75) is 38.6 Å². The molecular weight excluding hydrogens is 476 g/mol. The first-order valence-corrected chi connectivity index (χ1v) is 13.5. The van der Waals surface area contributed by atoms with Gasteiger partial charge in [0, 0.05) is 60.6 Å². The van der Waals surface area contributed by atoms with E-state index in [9.17, 15) is 4.79 Å². The second kappa shape index (κ2) is 9.79. The van der Waals surface area contributed by atoms with Crippen molar-refractivity contribution in [3.63, 3.8) is 0 Å². The number of benzene rings is 1. The van der Waals surface area contributed by atoms with E-state index in [1.807, 2.05) is 35.1 Å². The fourth-order valence-electron chi connectivity index (χ4n) is 5.71. The van der Waals surface area contributed by atoms with Crippen molar-refractivity contribution in [3.05, 3.63) is 54.5 Å². The van der Waals surface area contributed by atoms with Gasteiger partial charge in [0.25, 0.3) is 0 Å². The summed E-state index contributed by atoms with van der Waals surface area (Å²) in [4.78, 5) is 25.4. The first-order valence-electron chi connectivity index (χ1n) is 13.5. The maximum Gasteiger partial charge on any atom is 0.318 e. The average molecular weight is 513 g/mol. The van der Waals surface area contributed by atoms with Crippen LogP contribution in [-0.2, 0) is 7.05 Å². The molecule has 5 heterocycles. The Hall–Kier alpha value is -3.85. The molecule has 3 N–H and O–H groups in total. The van der Waals surface area contributed by atoms with Gasteiger partial charge < -0.3 is 25.4 Å². The van der Waals surface area contributed by atoms with Crippen LogP contribution < -0.4 is 10.6 Å². The molecule has 6 rings (SSSR count). The number of hydrogen-bond donors (Lipinski definition) is 3. The molecule has 2 aliphatic heterocycles. The lowest BCUT2D eigenvalue weighted by Gasteiger charge is -2.34. The number of H-pyrrole nitrogens is 1. The van der Waals surface area contributed by atoms with Crippen molar-refractivity contribution >= 4 is 44.9 Å². The van der Waals surface area contributed by atoms with Crippen molar-refractivity contribution < 1.29 is 4.79 Å².